The molecular weight excluding hydrogens is 341 g/mol. The van der Waals surface area contributed by atoms with Crippen LogP contribution < -0.4 is 5.32 Å². The van der Waals surface area contributed by atoms with E-state index in [4.69, 9.17) is 0 Å². The van der Waals surface area contributed by atoms with Crippen molar-refractivity contribution in [3.05, 3.63) is 41.1 Å². The van der Waals surface area contributed by atoms with Gasteiger partial charge in [0.1, 0.15) is 5.69 Å². The van der Waals surface area contributed by atoms with E-state index in [-0.39, 0.29) is 29.3 Å². The first-order chi connectivity index (χ1) is 11.8. The number of alkyl halides is 5. The van der Waals surface area contributed by atoms with E-state index in [1.165, 1.54) is 12.1 Å². The average molecular weight is 357 g/mol. The molecule has 8 heteroatoms. The van der Waals surface area contributed by atoms with E-state index >= 15 is 0 Å². The standard InChI is InChI=1S/C17H16F5N3/c18-16(19)7-1-2-13-14(16)15(24-25(13)12-8-23-9-12)10-3-5-11(6-4-10)17(20,21)22/h3-6,12,23H,1-2,7-9H2. The summed E-state index contributed by atoms with van der Waals surface area (Å²) < 4.78 is 69.0. The summed E-state index contributed by atoms with van der Waals surface area (Å²) in [5, 5.41) is 7.47. The van der Waals surface area contributed by atoms with Crippen molar-refractivity contribution in [2.24, 2.45) is 0 Å². The first-order valence-corrected chi connectivity index (χ1v) is 8.15. The van der Waals surface area contributed by atoms with Crippen molar-refractivity contribution in [2.45, 2.75) is 37.4 Å². The van der Waals surface area contributed by atoms with E-state index in [9.17, 15) is 22.0 Å². The van der Waals surface area contributed by atoms with Crippen LogP contribution in [0.15, 0.2) is 24.3 Å². The lowest BCUT2D eigenvalue weighted by molar-refractivity contribution is -0.137. The number of hydrogen-bond acceptors (Lipinski definition) is 2. The van der Waals surface area contributed by atoms with Gasteiger partial charge in [0.25, 0.3) is 5.92 Å². The maximum atomic E-state index is 14.6. The lowest BCUT2D eigenvalue weighted by atomic mass is 9.89. The Bertz CT molecular complexity index is 788. The predicted octanol–water partition coefficient (Wildman–Crippen LogP) is 4.14. The fraction of sp³-hybridized carbons (Fsp3) is 0.471. The summed E-state index contributed by atoms with van der Waals surface area (Å²) in [7, 11) is 0. The molecule has 0 spiro atoms. The Kier molecular flexibility index (Phi) is 3.64. The van der Waals surface area contributed by atoms with Gasteiger partial charge >= 0.3 is 6.18 Å². The molecule has 1 fully saturated rings. The molecule has 2 heterocycles. The van der Waals surface area contributed by atoms with Crippen LogP contribution in [-0.4, -0.2) is 22.9 Å². The third kappa shape index (κ3) is 2.72. The summed E-state index contributed by atoms with van der Waals surface area (Å²) >= 11 is 0. The highest BCUT2D eigenvalue weighted by Crippen LogP contribution is 2.46. The number of nitrogens with zero attached hydrogens (tertiary/aromatic N) is 2. The number of nitrogens with one attached hydrogen (secondary N) is 1. The zero-order valence-electron chi connectivity index (χ0n) is 13.2. The van der Waals surface area contributed by atoms with Crippen molar-refractivity contribution in [2.75, 3.05) is 13.1 Å². The lowest BCUT2D eigenvalue weighted by Gasteiger charge is -2.31. The molecule has 0 radical (unpaired) electrons. The second kappa shape index (κ2) is 5.52. The summed E-state index contributed by atoms with van der Waals surface area (Å²) in [6.45, 7) is 1.32. The van der Waals surface area contributed by atoms with Gasteiger partial charge in [-0.15, -0.1) is 0 Å². The Hall–Kier alpha value is -1.96. The molecule has 1 N–H and O–H groups in total. The zero-order chi connectivity index (χ0) is 17.8. The van der Waals surface area contributed by atoms with Gasteiger partial charge in [-0.2, -0.15) is 18.3 Å². The molecule has 1 aliphatic carbocycles. The number of aromatic nitrogens is 2. The Balaban J connectivity index is 1.83. The predicted molar refractivity (Wildman–Crippen MR) is 81.4 cm³/mol. The molecular formula is C17H16F5N3. The Labute approximate surface area is 140 Å². The number of rotatable bonds is 2. The highest BCUT2D eigenvalue weighted by Gasteiger charge is 2.43. The summed E-state index contributed by atoms with van der Waals surface area (Å²) in [6.07, 6.45) is -3.84. The molecule has 1 aliphatic heterocycles. The molecule has 0 saturated carbocycles. The maximum absolute atomic E-state index is 14.6. The van der Waals surface area contributed by atoms with Crippen LogP contribution in [0.5, 0.6) is 0 Å². The van der Waals surface area contributed by atoms with Gasteiger partial charge < -0.3 is 5.32 Å². The van der Waals surface area contributed by atoms with Crippen LogP contribution in [0.3, 0.4) is 0 Å². The number of benzene rings is 1. The molecule has 4 rings (SSSR count). The Morgan fingerprint density at radius 1 is 1.12 bits per heavy atom. The number of halogens is 5. The average Bonchev–Trinajstić information content (AvgIpc) is 2.86. The normalized spacial score (nSPS) is 20.2. The van der Waals surface area contributed by atoms with Gasteiger partial charge in [0.2, 0.25) is 0 Å². The minimum Gasteiger partial charge on any atom is -0.312 e. The van der Waals surface area contributed by atoms with Crippen LogP contribution in [0.25, 0.3) is 11.3 Å². The van der Waals surface area contributed by atoms with Crippen LogP contribution in [0.1, 0.15) is 35.7 Å². The van der Waals surface area contributed by atoms with Gasteiger partial charge in [-0.25, -0.2) is 8.78 Å². The molecule has 0 atom stereocenters. The van der Waals surface area contributed by atoms with E-state index in [1.807, 2.05) is 0 Å². The zero-order valence-corrected chi connectivity index (χ0v) is 13.2. The Morgan fingerprint density at radius 3 is 2.36 bits per heavy atom. The summed E-state index contributed by atoms with van der Waals surface area (Å²) in [5.74, 6) is -3.01. The molecule has 1 aromatic carbocycles. The van der Waals surface area contributed by atoms with Crippen LogP contribution in [0, 0.1) is 0 Å². The van der Waals surface area contributed by atoms with E-state index in [0.717, 1.165) is 12.1 Å². The molecule has 2 aromatic rings. The van der Waals surface area contributed by atoms with Crippen molar-refractivity contribution < 1.29 is 22.0 Å². The third-order valence-electron chi connectivity index (χ3n) is 4.87. The molecule has 2 aliphatic rings. The van der Waals surface area contributed by atoms with Crippen molar-refractivity contribution in [1.82, 2.24) is 15.1 Å². The largest absolute Gasteiger partial charge is 0.416 e. The van der Waals surface area contributed by atoms with E-state index in [0.29, 0.717) is 31.6 Å². The van der Waals surface area contributed by atoms with Crippen molar-refractivity contribution >= 4 is 0 Å². The topological polar surface area (TPSA) is 29.9 Å². The molecule has 3 nitrogen and oxygen atoms in total. The van der Waals surface area contributed by atoms with Gasteiger partial charge in [0.15, 0.2) is 0 Å². The highest BCUT2D eigenvalue weighted by atomic mass is 19.4. The van der Waals surface area contributed by atoms with Gasteiger partial charge in [-0.1, -0.05) is 12.1 Å². The van der Waals surface area contributed by atoms with Gasteiger partial charge in [0, 0.05) is 30.8 Å². The monoisotopic (exact) mass is 357 g/mol. The van der Waals surface area contributed by atoms with Crippen LogP contribution in [0.4, 0.5) is 22.0 Å². The lowest BCUT2D eigenvalue weighted by Crippen LogP contribution is -2.44. The van der Waals surface area contributed by atoms with Crippen LogP contribution in [0.2, 0.25) is 0 Å². The highest BCUT2D eigenvalue weighted by molar-refractivity contribution is 5.66. The quantitative estimate of drug-likeness (QED) is 0.819. The van der Waals surface area contributed by atoms with Crippen molar-refractivity contribution in [3.8, 4) is 11.3 Å². The minimum atomic E-state index is -4.46. The summed E-state index contributed by atoms with van der Waals surface area (Å²) in [4.78, 5) is 0. The smallest absolute Gasteiger partial charge is 0.312 e. The molecule has 0 unspecified atom stereocenters. The second-order valence-electron chi connectivity index (χ2n) is 6.56. The van der Waals surface area contributed by atoms with E-state index in [1.54, 1.807) is 4.68 Å². The number of hydrogen-bond donors (Lipinski definition) is 1. The molecule has 1 aromatic heterocycles. The fourth-order valence-corrected chi connectivity index (χ4v) is 3.46. The molecule has 1 saturated heterocycles. The minimum absolute atomic E-state index is 0.0193. The van der Waals surface area contributed by atoms with Crippen LogP contribution in [-0.2, 0) is 18.5 Å². The summed E-state index contributed by atoms with van der Waals surface area (Å²) in [6, 6.07) is 4.28. The molecule has 0 amide bonds. The molecule has 0 bridgehead atoms. The second-order valence-corrected chi connectivity index (χ2v) is 6.56. The van der Waals surface area contributed by atoms with E-state index in [2.05, 4.69) is 10.4 Å². The van der Waals surface area contributed by atoms with Gasteiger partial charge in [-0.3, -0.25) is 4.68 Å². The van der Waals surface area contributed by atoms with Gasteiger partial charge in [0.05, 0.1) is 17.2 Å². The van der Waals surface area contributed by atoms with Crippen LogP contribution >= 0.6 is 0 Å². The SMILES string of the molecule is FC(F)(F)c1ccc(-c2nn(C3CNC3)c3c2C(F)(F)CCC3)cc1. The molecule has 25 heavy (non-hydrogen) atoms. The van der Waals surface area contributed by atoms with Crippen molar-refractivity contribution in [3.63, 3.8) is 0 Å². The summed E-state index contributed by atoms with van der Waals surface area (Å²) in [5.41, 5.74) is -0.0280. The molecule has 134 valence electrons. The Morgan fingerprint density at radius 2 is 1.80 bits per heavy atom. The number of fused-ring (bicyclic) bond motifs is 1. The third-order valence-corrected chi connectivity index (χ3v) is 4.87. The first-order valence-electron chi connectivity index (χ1n) is 8.15. The van der Waals surface area contributed by atoms with Crippen molar-refractivity contribution in [1.29, 1.82) is 0 Å². The first kappa shape index (κ1) is 16.5. The maximum Gasteiger partial charge on any atom is 0.416 e. The van der Waals surface area contributed by atoms with E-state index < -0.39 is 17.7 Å². The fourth-order valence-electron chi connectivity index (χ4n) is 3.46. The van der Waals surface area contributed by atoms with Gasteiger partial charge in [-0.05, 0) is 25.0 Å².